The van der Waals surface area contributed by atoms with Crippen LogP contribution in [0.1, 0.15) is 49.4 Å². The summed E-state index contributed by atoms with van der Waals surface area (Å²) in [4.78, 5) is 25.6. The fourth-order valence-corrected chi connectivity index (χ4v) is 5.20. The van der Waals surface area contributed by atoms with Gasteiger partial charge in [-0.3, -0.25) is 9.59 Å². The number of nitrogens with zero attached hydrogens (tertiary/aromatic N) is 1. The largest absolute Gasteiger partial charge is 0.481 e. The Kier molecular flexibility index (Phi) is 5.34. The Hall–Kier alpha value is -1.93. The highest BCUT2D eigenvalue weighted by Gasteiger charge is 2.38. The summed E-state index contributed by atoms with van der Waals surface area (Å²) in [6.45, 7) is 2.07. The van der Waals surface area contributed by atoms with Gasteiger partial charge < -0.3 is 10.0 Å². The van der Waals surface area contributed by atoms with E-state index in [1.165, 1.54) is 17.0 Å². The zero-order chi connectivity index (χ0) is 18.9. The van der Waals surface area contributed by atoms with Crippen molar-refractivity contribution in [2.24, 2.45) is 5.92 Å². The third-order valence-electron chi connectivity index (χ3n) is 5.40. The minimum absolute atomic E-state index is 0.0470. The van der Waals surface area contributed by atoms with Crippen LogP contribution in [-0.4, -0.2) is 48.9 Å². The van der Waals surface area contributed by atoms with Crippen LogP contribution in [0.2, 0.25) is 0 Å². The highest BCUT2D eigenvalue weighted by atomic mass is 32.2. The maximum Gasteiger partial charge on any atom is 0.308 e. The summed E-state index contributed by atoms with van der Waals surface area (Å²) in [6.07, 6.45) is 4.11. The van der Waals surface area contributed by atoms with Gasteiger partial charge in [-0.15, -0.1) is 0 Å². The number of sulfonamides is 1. The number of carbonyl (C=O) groups is 2. The molecule has 2 unspecified atom stereocenters. The summed E-state index contributed by atoms with van der Waals surface area (Å²) >= 11 is 0. The first-order chi connectivity index (χ1) is 12.3. The van der Waals surface area contributed by atoms with Gasteiger partial charge in [0.25, 0.3) is 5.91 Å². The van der Waals surface area contributed by atoms with Gasteiger partial charge in [-0.1, -0.05) is 18.9 Å². The smallest absolute Gasteiger partial charge is 0.308 e. The number of nitrogens with one attached hydrogen (secondary N) is 1. The number of amides is 1. The molecule has 1 amide bonds. The lowest BCUT2D eigenvalue weighted by atomic mass is 10.0. The molecular weight excluding hydrogens is 356 g/mol. The minimum atomic E-state index is -3.68. The van der Waals surface area contributed by atoms with Gasteiger partial charge in [0.05, 0.1) is 10.8 Å². The van der Waals surface area contributed by atoms with Crippen molar-refractivity contribution >= 4 is 21.9 Å². The second kappa shape index (κ2) is 7.36. The van der Waals surface area contributed by atoms with Crippen LogP contribution < -0.4 is 4.72 Å². The van der Waals surface area contributed by atoms with Gasteiger partial charge in [0.2, 0.25) is 10.0 Å². The molecule has 2 N–H and O–H groups in total. The molecule has 0 aromatic heterocycles. The number of carboxylic acid groups (broad SMARTS) is 1. The molecule has 1 saturated carbocycles. The first-order valence-electron chi connectivity index (χ1n) is 8.96. The lowest BCUT2D eigenvalue weighted by Gasteiger charge is -2.23. The molecule has 1 aliphatic carbocycles. The van der Waals surface area contributed by atoms with Gasteiger partial charge in [0.15, 0.2) is 0 Å². The molecule has 1 heterocycles. The fraction of sp³-hybridized carbons (Fsp3) is 0.556. The fourth-order valence-electron chi connectivity index (χ4n) is 3.85. The molecule has 0 radical (unpaired) electrons. The van der Waals surface area contributed by atoms with E-state index in [4.69, 9.17) is 0 Å². The van der Waals surface area contributed by atoms with Crippen molar-refractivity contribution in [2.75, 3.05) is 6.54 Å². The van der Waals surface area contributed by atoms with Crippen LogP contribution in [-0.2, 0) is 14.8 Å². The van der Waals surface area contributed by atoms with Crippen LogP contribution in [0.15, 0.2) is 29.2 Å². The second-order valence-corrected chi connectivity index (χ2v) is 8.82. The number of carbonyl (C=O) groups excluding carboxylic acids is 1. The molecule has 1 aromatic carbocycles. The summed E-state index contributed by atoms with van der Waals surface area (Å²) in [6, 6.07) is 5.50. The van der Waals surface area contributed by atoms with Crippen LogP contribution in [0.5, 0.6) is 0 Å². The van der Waals surface area contributed by atoms with Crippen molar-refractivity contribution in [1.29, 1.82) is 0 Å². The van der Waals surface area contributed by atoms with E-state index in [2.05, 4.69) is 4.72 Å². The van der Waals surface area contributed by atoms with Gasteiger partial charge in [-0.2, -0.15) is 0 Å². The average molecular weight is 380 g/mol. The zero-order valence-electron chi connectivity index (χ0n) is 14.7. The Labute approximate surface area is 153 Å². The van der Waals surface area contributed by atoms with Gasteiger partial charge in [0.1, 0.15) is 0 Å². The van der Waals surface area contributed by atoms with Gasteiger partial charge in [0, 0.05) is 24.2 Å². The summed E-state index contributed by atoms with van der Waals surface area (Å²) < 4.78 is 27.9. The number of rotatable bonds is 5. The average Bonchev–Trinajstić information content (AvgIpc) is 3.23. The van der Waals surface area contributed by atoms with E-state index >= 15 is 0 Å². The standard InChI is InChI=1S/C18H24N2O5S/c1-12-16(18(22)23)9-10-20(12)17(21)13-5-4-8-15(11-13)26(24,25)19-14-6-2-3-7-14/h4-5,8,11-12,14,16,19H,2-3,6-7,9-10H2,1H3,(H,22,23). The number of likely N-dealkylation sites (tertiary alicyclic amines) is 1. The molecule has 0 spiro atoms. The SMILES string of the molecule is CC1C(C(=O)O)CCN1C(=O)c1cccc(S(=O)(=O)NC2CCCC2)c1. The molecule has 2 fully saturated rings. The third-order valence-corrected chi connectivity index (χ3v) is 6.92. The van der Waals surface area contributed by atoms with Crippen molar-refractivity contribution in [1.82, 2.24) is 9.62 Å². The first kappa shape index (κ1) is 18.8. The number of hydrogen-bond acceptors (Lipinski definition) is 4. The molecule has 26 heavy (non-hydrogen) atoms. The Bertz CT molecular complexity index is 802. The summed E-state index contributed by atoms with van der Waals surface area (Å²) in [7, 11) is -3.68. The van der Waals surface area contributed by atoms with Crippen molar-refractivity contribution in [2.45, 2.75) is 56.0 Å². The lowest BCUT2D eigenvalue weighted by Crippen LogP contribution is -2.38. The quantitative estimate of drug-likeness (QED) is 0.811. The van der Waals surface area contributed by atoms with Crippen LogP contribution in [0, 0.1) is 5.92 Å². The second-order valence-electron chi connectivity index (χ2n) is 7.10. The van der Waals surface area contributed by atoms with Gasteiger partial charge in [-0.05, 0) is 44.4 Å². The van der Waals surface area contributed by atoms with E-state index in [1.54, 1.807) is 19.1 Å². The molecule has 3 rings (SSSR count). The molecule has 2 atom stereocenters. The summed E-state index contributed by atoms with van der Waals surface area (Å²) in [5, 5.41) is 9.21. The Balaban J connectivity index is 1.78. The highest BCUT2D eigenvalue weighted by molar-refractivity contribution is 7.89. The highest BCUT2D eigenvalue weighted by Crippen LogP contribution is 2.27. The third kappa shape index (κ3) is 3.76. The molecule has 1 aromatic rings. The van der Waals surface area contributed by atoms with E-state index in [9.17, 15) is 23.1 Å². The van der Waals surface area contributed by atoms with Crippen LogP contribution in [0.25, 0.3) is 0 Å². The van der Waals surface area contributed by atoms with Gasteiger partial charge >= 0.3 is 5.97 Å². The number of benzene rings is 1. The molecular formula is C18H24N2O5S. The predicted octanol–water partition coefficient (Wildman–Crippen LogP) is 1.84. The topological polar surface area (TPSA) is 104 Å². The minimum Gasteiger partial charge on any atom is -0.481 e. The zero-order valence-corrected chi connectivity index (χ0v) is 15.5. The van der Waals surface area contributed by atoms with E-state index in [0.29, 0.717) is 13.0 Å². The lowest BCUT2D eigenvalue weighted by molar-refractivity contribution is -0.142. The Morgan fingerprint density at radius 2 is 1.88 bits per heavy atom. The summed E-state index contributed by atoms with van der Waals surface area (Å²) in [5.41, 5.74) is 0.261. The molecule has 0 bridgehead atoms. The Morgan fingerprint density at radius 3 is 2.50 bits per heavy atom. The van der Waals surface area contributed by atoms with E-state index < -0.39 is 28.0 Å². The van der Waals surface area contributed by atoms with Gasteiger partial charge in [-0.25, -0.2) is 13.1 Å². The maximum absolute atomic E-state index is 12.8. The Morgan fingerprint density at radius 1 is 1.19 bits per heavy atom. The van der Waals surface area contributed by atoms with E-state index in [-0.39, 0.29) is 22.4 Å². The van der Waals surface area contributed by atoms with Crippen molar-refractivity contribution < 1.29 is 23.1 Å². The molecule has 1 aliphatic heterocycles. The maximum atomic E-state index is 12.8. The number of aliphatic carboxylic acids is 1. The molecule has 2 aliphatic rings. The molecule has 7 nitrogen and oxygen atoms in total. The van der Waals surface area contributed by atoms with E-state index in [0.717, 1.165) is 25.7 Å². The van der Waals surface area contributed by atoms with Crippen LogP contribution >= 0.6 is 0 Å². The number of hydrogen-bond donors (Lipinski definition) is 2. The van der Waals surface area contributed by atoms with Crippen LogP contribution in [0.4, 0.5) is 0 Å². The molecule has 8 heteroatoms. The first-order valence-corrected chi connectivity index (χ1v) is 10.4. The monoisotopic (exact) mass is 380 g/mol. The van der Waals surface area contributed by atoms with Crippen molar-refractivity contribution in [3.05, 3.63) is 29.8 Å². The summed E-state index contributed by atoms with van der Waals surface area (Å²) in [5.74, 6) is -1.83. The molecule has 142 valence electrons. The number of carboxylic acids is 1. The predicted molar refractivity (Wildman–Crippen MR) is 95.3 cm³/mol. The van der Waals surface area contributed by atoms with E-state index in [1.807, 2.05) is 0 Å². The normalized spacial score (nSPS) is 24.1. The molecule has 1 saturated heterocycles. The van der Waals surface area contributed by atoms with Crippen LogP contribution in [0.3, 0.4) is 0 Å². The van der Waals surface area contributed by atoms with Crippen molar-refractivity contribution in [3.63, 3.8) is 0 Å². The van der Waals surface area contributed by atoms with Crippen molar-refractivity contribution in [3.8, 4) is 0 Å².